The van der Waals surface area contributed by atoms with Crippen molar-refractivity contribution in [1.82, 2.24) is 45.5 Å². The predicted molar refractivity (Wildman–Crippen MR) is 121 cm³/mol. The molecule has 11 heteroatoms. The molecule has 1 aromatic carbocycles. The lowest BCUT2D eigenvalue weighted by Crippen LogP contribution is -2.25. The van der Waals surface area contributed by atoms with Crippen molar-refractivity contribution in [1.29, 1.82) is 0 Å². The lowest BCUT2D eigenvalue weighted by molar-refractivity contribution is 0.0954. The number of nitrogen functional groups attached to an aromatic ring is 1. The van der Waals surface area contributed by atoms with E-state index in [0.717, 1.165) is 22.4 Å². The van der Waals surface area contributed by atoms with Crippen molar-refractivity contribution in [3.63, 3.8) is 0 Å². The van der Waals surface area contributed by atoms with Crippen LogP contribution in [-0.2, 0) is 19.4 Å². The third-order valence-electron chi connectivity index (χ3n) is 5.26. The van der Waals surface area contributed by atoms with Crippen molar-refractivity contribution in [2.75, 3.05) is 12.3 Å². The van der Waals surface area contributed by atoms with Crippen LogP contribution in [0.2, 0.25) is 0 Å². The fourth-order valence-electron chi connectivity index (χ4n) is 3.65. The summed E-state index contributed by atoms with van der Waals surface area (Å²) in [5.74, 6) is 0.315. The van der Waals surface area contributed by atoms with Gasteiger partial charge in [0.1, 0.15) is 11.3 Å². The molecule has 0 saturated carbocycles. The van der Waals surface area contributed by atoms with E-state index in [0.29, 0.717) is 48.5 Å². The van der Waals surface area contributed by atoms with E-state index in [2.05, 4.69) is 40.8 Å². The molecule has 4 aromatic heterocycles. The van der Waals surface area contributed by atoms with Gasteiger partial charge in [-0.15, -0.1) is 5.10 Å². The molecule has 0 atom stereocenters. The summed E-state index contributed by atoms with van der Waals surface area (Å²) in [6.45, 7) is 1.13. The van der Waals surface area contributed by atoms with E-state index in [4.69, 9.17) is 5.73 Å². The van der Waals surface area contributed by atoms with Gasteiger partial charge in [-0.1, -0.05) is 17.3 Å². The maximum Gasteiger partial charge on any atom is 0.251 e. The maximum absolute atomic E-state index is 12.3. The molecule has 0 unspecified atom stereocenters. The molecule has 0 spiro atoms. The first-order valence-corrected chi connectivity index (χ1v) is 10.5. The second kappa shape index (κ2) is 8.91. The molecule has 0 saturated heterocycles. The van der Waals surface area contributed by atoms with Crippen molar-refractivity contribution >= 4 is 22.9 Å². The number of nitrogens with zero attached hydrogens (tertiary/aromatic N) is 6. The van der Waals surface area contributed by atoms with Gasteiger partial charge in [0.15, 0.2) is 5.65 Å². The number of carbonyl (C=O) groups is 1. The third kappa shape index (κ3) is 4.71. The Hall–Kier alpha value is -4.54. The molecule has 33 heavy (non-hydrogen) atoms. The Morgan fingerprint density at radius 1 is 1.18 bits per heavy atom. The monoisotopic (exact) mass is 442 g/mol. The topological polar surface area (TPSA) is 156 Å². The zero-order chi connectivity index (χ0) is 22.6. The molecule has 166 valence electrons. The summed E-state index contributed by atoms with van der Waals surface area (Å²) >= 11 is 0. The Bertz CT molecular complexity index is 1370. The fraction of sp³-hybridized carbons (Fsp3) is 0.182. The minimum absolute atomic E-state index is 0.103. The van der Waals surface area contributed by atoms with Gasteiger partial charge >= 0.3 is 0 Å². The van der Waals surface area contributed by atoms with Crippen LogP contribution >= 0.6 is 0 Å². The Morgan fingerprint density at radius 3 is 2.88 bits per heavy atom. The molecule has 0 fully saturated rings. The number of imidazole rings is 1. The molecule has 0 radical (unpaired) electrons. The normalized spacial score (nSPS) is 11.2. The summed E-state index contributed by atoms with van der Waals surface area (Å²) in [6, 6.07) is 9.33. The number of H-pyrrole nitrogens is 2. The van der Waals surface area contributed by atoms with Gasteiger partial charge in [-0.25, -0.2) is 15.1 Å². The number of hydrogen-bond acceptors (Lipinski definition) is 7. The van der Waals surface area contributed by atoms with Gasteiger partial charge in [0, 0.05) is 37.3 Å². The molecule has 4 heterocycles. The first-order valence-electron chi connectivity index (χ1n) is 10.5. The summed E-state index contributed by atoms with van der Waals surface area (Å²) < 4.78 is 1.86. The first-order chi connectivity index (χ1) is 16.1. The Balaban J connectivity index is 1.19. The summed E-state index contributed by atoms with van der Waals surface area (Å²) in [5.41, 5.74) is 11.7. The van der Waals surface area contributed by atoms with Crippen LogP contribution in [0, 0.1) is 0 Å². The molecule has 5 N–H and O–H groups in total. The number of nitrogens with one attached hydrogen (secondary N) is 3. The summed E-state index contributed by atoms with van der Waals surface area (Å²) in [5, 5.41) is 18.0. The summed E-state index contributed by atoms with van der Waals surface area (Å²) in [4.78, 5) is 23.6. The van der Waals surface area contributed by atoms with Crippen LogP contribution in [0.5, 0.6) is 0 Å². The Labute approximate surface area is 188 Å². The van der Waals surface area contributed by atoms with Gasteiger partial charge in [-0.05, 0) is 34.9 Å². The number of anilines is 1. The van der Waals surface area contributed by atoms with Crippen molar-refractivity contribution in [3.8, 4) is 0 Å². The third-order valence-corrected chi connectivity index (χ3v) is 5.26. The van der Waals surface area contributed by atoms with Gasteiger partial charge in [0.2, 0.25) is 0 Å². The number of hydrogen-bond donors (Lipinski definition) is 4. The zero-order valence-corrected chi connectivity index (χ0v) is 17.7. The van der Waals surface area contributed by atoms with E-state index in [1.807, 2.05) is 47.5 Å². The SMILES string of the molecule is Nc1cc(Cc2cnn(Cc3ccc(C(=O)NCCc4c[nH]cn4)cc3)c2)c2nn[nH]c2n1. The lowest BCUT2D eigenvalue weighted by atomic mass is 10.1. The predicted octanol–water partition coefficient (Wildman–Crippen LogP) is 1.47. The molecule has 11 nitrogen and oxygen atoms in total. The molecule has 0 aliphatic rings. The minimum Gasteiger partial charge on any atom is -0.384 e. The van der Waals surface area contributed by atoms with E-state index in [1.165, 1.54) is 0 Å². The summed E-state index contributed by atoms with van der Waals surface area (Å²) in [6.07, 6.45) is 8.56. The molecular weight excluding hydrogens is 420 g/mol. The van der Waals surface area contributed by atoms with Gasteiger partial charge in [0.05, 0.1) is 24.8 Å². The molecule has 0 aliphatic carbocycles. The number of amides is 1. The molecular formula is C22H22N10O. The molecule has 0 aliphatic heterocycles. The number of rotatable bonds is 8. The van der Waals surface area contributed by atoms with Crippen LogP contribution in [0.1, 0.15) is 32.7 Å². The van der Waals surface area contributed by atoms with Crippen molar-refractivity contribution in [2.24, 2.45) is 0 Å². The first kappa shape index (κ1) is 20.4. The number of aromatic nitrogens is 8. The van der Waals surface area contributed by atoms with E-state index in [1.54, 1.807) is 12.4 Å². The number of nitrogens with two attached hydrogens (primary N) is 1. The van der Waals surface area contributed by atoms with Crippen LogP contribution in [0.15, 0.2) is 55.2 Å². The highest BCUT2D eigenvalue weighted by molar-refractivity contribution is 5.94. The van der Waals surface area contributed by atoms with Crippen LogP contribution in [-0.4, -0.2) is 52.6 Å². The number of fused-ring (bicyclic) bond motifs is 1. The van der Waals surface area contributed by atoms with Crippen molar-refractivity contribution in [3.05, 3.63) is 83.2 Å². The van der Waals surface area contributed by atoms with Crippen LogP contribution < -0.4 is 11.1 Å². The average molecular weight is 442 g/mol. The molecule has 5 aromatic rings. The van der Waals surface area contributed by atoms with Gasteiger partial charge in [-0.3, -0.25) is 9.48 Å². The Kier molecular flexibility index (Phi) is 5.50. The quantitative estimate of drug-likeness (QED) is 0.283. The van der Waals surface area contributed by atoms with Gasteiger partial charge in [0.25, 0.3) is 5.91 Å². The number of pyridine rings is 1. The van der Waals surface area contributed by atoms with Gasteiger partial charge < -0.3 is 16.0 Å². The number of benzene rings is 1. The van der Waals surface area contributed by atoms with E-state index >= 15 is 0 Å². The average Bonchev–Trinajstić information content (AvgIpc) is 3.57. The lowest BCUT2D eigenvalue weighted by Gasteiger charge is -2.06. The molecule has 5 rings (SSSR count). The highest BCUT2D eigenvalue weighted by atomic mass is 16.1. The number of aromatic amines is 2. The minimum atomic E-state index is -0.103. The van der Waals surface area contributed by atoms with Crippen LogP contribution in [0.3, 0.4) is 0 Å². The highest BCUT2D eigenvalue weighted by Crippen LogP contribution is 2.19. The van der Waals surface area contributed by atoms with Crippen molar-refractivity contribution < 1.29 is 4.79 Å². The second-order valence-corrected chi connectivity index (χ2v) is 7.70. The summed E-state index contributed by atoms with van der Waals surface area (Å²) in [7, 11) is 0. The smallest absolute Gasteiger partial charge is 0.251 e. The van der Waals surface area contributed by atoms with Crippen LogP contribution in [0.4, 0.5) is 5.82 Å². The van der Waals surface area contributed by atoms with Crippen LogP contribution in [0.25, 0.3) is 11.2 Å². The molecule has 0 bridgehead atoms. The van der Waals surface area contributed by atoms with Gasteiger partial charge in [-0.2, -0.15) is 5.10 Å². The van der Waals surface area contributed by atoms with E-state index in [-0.39, 0.29) is 5.91 Å². The Morgan fingerprint density at radius 2 is 2.06 bits per heavy atom. The molecule has 1 amide bonds. The van der Waals surface area contributed by atoms with E-state index < -0.39 is 0 Å². The fourth-order valence-corrected chi connectivity index (χ4v) is 3.65. The van der Waals surface area contributed by atoms with Crippen molar-refractivity contribution in [2.45, 2.75) is 19.4 Å². The maximum atomic E-state index is 12.3. The zero-order valence-electron chi connectivity index (χ0n) is 17.7. The standard InChI is InChI=1S/C22H22N10O/c23-19-8-17(20-21(28-19)30-31-29-20)7-15-9-27-32(12-15)11-14-1-3-16(4-2-14)22(33)25-6-5-18-10-24-13-26-18/h1-4,8-10,12-13H,5-7,11H2,(H,24,26)(H,25,33)(H3,23,28,29,30,31). The largest absolute Gasteiger partial charge is 0.384 e. The highest BCUT2D eigenvalue weighted by Gasteiger charge is 2.11. The van der Waals surface area contributed by atoms with E-state index in [9.17, 15) is 4.79 Å². The number of carbonyl (C=O) groups excluding carboxylic acids is 1. The second-order valence-electron chi connectivity index (χ2n) is 7.70.